The lowest BCUT2D eigenvalue weighted by atomic mass is 10.0. The third-order valence-electron chi connectivity index (χ3n) is 6.75. The molecule has 41 heavy (non-hydrogen) atoms. The molecule has 0 fully saturated rings. The summed E-state index contributed by atoms with van der Waals surface area (Å²) in [5.74, 6) is -0.478. The topological polar surface area (TPSA) is 102 Å². The highest BCUT2D eigenvalue weighted by atomic mass is 31.2. The first-order valence-corrected chi connectivity index (χ1v) is 17.6. The van der Waals surface area contributed by atoms with E-state index >= 15 is 0 Å². The van der Waals surface area contributed by atoms with E-state index in [1.54, 1.807) is 6.08 Å². The number of nitrogens with zero attached hydrogens (tertiary/aromatic N) is 1. The minimum Gasteiger partial charge on any atom is -0.463 e. The van der Waals surface area contributed by atoms with Crippen LogP contribution in [0.1, 0.15) is 122 Å². The second-order valence-electron chi connectivity index (χ2n) is 12.1. The van der Waals surface area contributed by atoms with E-state index in [9.17, 15) is 19.4 Å². The van der Waals surface area contributed by atoms with Crippen molar-refractivity contribution in [3.05, 3.63) is 24.3 Å². The maximum Gasteiger partial charge on any atom is 0.472 e. The Bertz CT molecular complexity index is 721. The first kappa shape index (κ1) is 40.0. The Balaban J connectivity index is 3.57. The van der Waals surface area contributed by atoms with Crippen LogP contribution in [-0.2, 0) is 23.1 Å². The number of carbonyl (C=O) groups is 1. The molecule has 0 saturated carbocycles. The highest BCUT2D eigenvalue weighted by molar-refractivity contribution is 7.47. The summed E-state index contributed by atoms with van der Waals surface area (Å²) in [6.07, 6.45) is 29.4. The van der Waals surface area contributed by atoms with Crippen molar-refractivity contribution in [3.8, 4) is 0 Å². The minimum absolute atomic E-state index is 0.0450. The van der Waals surface area contributed by atoms with Crippen LogP contribution in [0.2, 0.25) is 0 Å². The van der Waals surface area contributed by atoms with Crippen molar-refractivity contribution in [3.63, 3.8) is 0 Å². The number of hydrogen-bond acceptors (Lipinski definition) is 6. The van der Waals surface area contributed by atoms with Crippen LogP contribution >= 0.6 is 7.82 Å². The fourth-order valence-electron chi connectivity index (χ4n) is 4.15. The second kappa shape index (κ2) is 26.6. The molecular weight excluding hydrogens is 541 g/mol. The minimum atomic E-state index is -4.26. The summed E-state index contributed by atoms with van der Waals surface area (Å²) >= 11 is 0. The molecule has 0 amide bonds. The van der Waals surface area contributed by atoms with Gasteiger partial charge in [0.2, 0.25) is 0 Å². The van der Waals surface area contributed by atoms with E-state index < -0.39 is 26.5 Å². The smallest absolute Gasteiger partial charge is 0.463 e. The average molecular weight is 605 g/mol. The van der Waals surface area contributed by atoms with Crippen LogP contribution in [0.15, 0.2) is 24.3 Å². The van der Waals surface area contributed by atoms with Gasteiger partial charge in [0.1, 0.15) is 25.9 Å². The number of unbranched alkanes of at least 4 members (excludes halogenated alkanes) is 15. The van der Waals surface area contributed by atoms with E-state index in [4.69, 9.17) is 13.8 Å². The first-order chi connectivity index (χ1) is 19.6. The van der Waals surface area contributed by atoms with E-state index in [0.717, 1.165) is 12.8 Å². The van der Waals surface area contributed by atoms with Crippen LogP contribution in [0.3, 0.4) is 0 Å². The van der Waals surface area contributed by atoms with Gasteiger partial charge in [0.05, 0.1) is 34.2 Å². The monoisotopic (exact) mass is 604 g/mol. The zero-order valence-electron chi connectivity index (χ0n) is 26.8. The molecule has 242 valence electrons. The molecule has 0 saturated heterocycles. The Morgan fingerprint density at radius 1 is 0.756 bits per heavy atom. The van der Waals surface area contributed by atoms with E-state index in [1.165, 1.54) is 96.3 Å². The molecule has 0 radical (unpaired) electrons. The molecule has 2 atom stereocenters. The number of aliphatic hydroxyl groups is 1. The zero-order valence-corrected chi connectivity index (χ0v) is 27.7. The van der Waals surface area contributed by atoms with Gasteiger partial charge in [-0.15, -0.1) is 0 Å². The number of carbonyl (C=O) groups excluding carboxylic acids is 1. The number of aliphatic hydroxyl groups excluding tert-OH is 1. The van der Waals surface area contributed by atoms with Gasteiger partial charge in [-0.3, -0.25) is 13.8 Å². The molecule has 0 aliphatic heterocycles. The van der Waals surface area contributed by atoms with Crippen LogP contribution in [0.25, 0.3) is 0 Å². The fourth-order valence-corrected chi connectivity index (χ4v) is 4.89. The number of rotatable bonds is 29. The Morgan fingerprint density at radius 2 is 1.27 bits per heavy atom. The van der Waals surface area contributed by atoms with Crippen molar-refractivity contribution in [1.29, 1.82) is 0 Å². The molecule has 0 rings (SSSR count). The predicted octanol–water partition coefficient (Wildman–Crippen LogP) is 7.88. The Labute approximate surface area is 251 Å². The molecular formula is C32H63NO7P+. The Kier molecular flexibility index (Phi) is 25.9. The zero-order chi connectivity index (χ0) is 30.7. The van der Waals surface area contributed by atoms with Gasteiger partial charge in [-0.25, -0.2) is 4.57 Å². The standard InChI is InChI=1S/C32H62NO7P/c1-5-6-7-8-9-10-11-12-13-14-15-16-17-18-19-20-21-22-23-24-25-26-32(35)38-29-31(34)30-40-41(36,37)39-28-27-33(2,3)4/h21-22,24-25,31,34H,5-20,23,26-30H2,1-4H3/p+1/t31-/m1/s1. The van der Waals surface area contributed by atoms with Crippen molar-refractivity contribution in [2.24, 2.45) is 0 Å². The van der Waals surface area contributed by atoms with Crippen LogP contribution < -0.4 is 0 Å². The molecule has 0 bridgehead atoms. The summed E-state index contributed by atoms with van der Waals surface area (Å²) in [5, 5.41) is 9.84. The number of quaternary nitrogens is 1. The lowest BCUT2D eigenvalue weighted by Gasteiger charge is -2.24. The molecule has 0 aliphatic carbocycles. The van der Waals surface area contributed by atoms with Gasteiger partial charge in [-0.1, -0.05) is 121 Å². The first-order valence-electron chi connectivity index (χ1n) is 16.1. The molecule has 8 nitrogen and oxygen atoms in total. The maximum atomic E-state index is 11.8. The van der Waals surface area contributed by atoms with Gasteiger partial charge in [0.15, 0.2) is 0 Å². The number of hydrogen-bond donors (Lipinski definition) is 2. The number of likely N-dealkylation sites (N-methyl/N-ethyl adjacent to an activating group) is 1. The Morgan fingerprint density at radius 3 is 1.80 bits per heavy atom. The van der Waals surface area contributed by atoms with E-state index in [1.807, 2.05) is 27.2 Å². The van der Waals surface area contributed by atoms with Crippen LogP contribution in [0.4, 0.5) is 0 Å². The van der Waals surface area contributed by atoms with Gasteiger partial charge in [0.25, 0.3) is 0 Å². The molecule has 0 aromatic carbocycles. The van der Waals surface area contributed by atoms with Crippen molar-refractivity contribution in [1.82, 2.24) is 0 Å². The fraction of sp³-hybridized carbons (Fsp3) is 0.844. The number of allylic oxidation sites excluding steroid dienone is 3. The third kappa shape index (κ3) is 31.7. The van der Waals surface area contributed by atoms with E-state index in [2.05, 4.69) is 19.1 Å². The Hall–Kier alpha value is -1.02. The average Bonchev–Trinajstić information content (AvgIpc) is 2.90. The van der Waals surface area contributed by atoms with Crippen molar-refractivity contribution in [2.75, 3.05) is 47.5 Å². The van der Waals surface area contributed by atoms with Crippen molar-refractivity contribution >= 4 is 13.8 Å². The molecule has 1 unspecified atom stereocenters. The summed E-state index contributed by atoms with van der Waals surface area (Å²) in [4.78, 5) is 21.5. The summed E-state index contributed by atoms with van der Waals surface area (Å²) in [6.45, 7) is 2.06. The summed E-state index contributed by atoms with van der Waals surface area (Å²) in [6, 6.07) is 0. The largest absolute Gasteiger partial charge is 0.472 e. The van der Waals surface area contributed by atoms with Gasteiger partial charge in [-0.2, -0.15) is 0 Å². The number of phosphoric ester groups is 1. The number of phosphoric acid groups is 1. The highest BCUT2D eigenvalue weighted by Crippen LogP contribution is 2.43. The molecule has 2 N–H and O–H groups in total. The number of ether oxygens (including phenoxy) is 1. The quantitative estimate of drug-likeness (QED) is 0.0294. The van der Waals surface area contributed by atoms with Crippen LogP contribution in [0.5, 0.6) is 0 Å². The lowest BCUT2D eigenvalue weighted by Crippen LogP contribution is -2.37. The maximum absolute atomic E-state index is 11.8. The SMILES string of the molecule is CCCCCCCCCCCCCCCCCC=CCC=CCC(=O)OC[C@@H](O)COP(=O)(O)OCC[N+](C)(C)C. The highest BCUT2D eigenvalue weighted by Gasteiger charge is 2.24. The van der Waals surface area contributed by atoms with Gasteiger partial charge in [-0.05, 0) is 19.3 Å². The second-order valence-corrected chi connectivity index (χ2v) is 13.5. The van der Waals surface area contributed by atoms with E-state index in [-0.39, 0.29) is 19.6 Å². The van der Waals surface area contributed by atoms with Gasteiger partial charge < -0.3 is 19.2 Å². The summed E-state index contributed by atoms with van der Waals surface area (Å²) in [5.41, 5.74) is 0. The molecule has 0 spiro atoms. The molecule has 0 heterocycles. The van der Waals surface area contributed by atoms with Gasteiger partial charge in [0, 0.05) is 0 Å². The summed E-state index contributed by atoms with van der Waals surface area (Å²) < 4.78 is 27.0. The van der Waals surface area contributed by atoms with Crippen LogP contribution in [-0.4, -0.2) is 74.1 Å². The normalized spacial score (nSPS) is 14.6. The molecule has 0 aliphatic rings. The number of esters is 1. The summed E-state index contributed by atoms with van der Waals surface area (Å²) in [7, 11) is 1.53. The van der Waals surface area contributed by atoms with E-state index in [0.29, 0.717) is 11.0 Å². The predicted molar refractivity (Wildman–Crippen MR) is 169 cm³/mol. The molecule has 0 aromatic rings. The van der Waals surface area contributed by atoms with Crippen molar-refractivity contribution < 1.29 is 37.6 Å². The molecule has 0 aromatic heterocycles. The third-order valence-corrected chi connectivity index (χ3v) is 7.73. The lowest BCUT2D eigenvalue weighted by molar-refractivity contribution is -0.870. The van der Waals surface area contributed by atoms with Crippen LogP contribution in [0, 0.1) is 0 Å². The van der Waals surface area contributed by atoms with Crippen molar-refractivity contribution in [2.45, 2.75) is 129 Å². The van der Waals surface area contributed by atoms with Gasteiger partial charge >= 0.3 is 13.8 Å². The molecule has 9 heteroatoms.